The van der Waals surface area contributed by atoms with Crippen LogP contribution in [0.15, 0.2) is 24.3 Å². The molecule has 1 aromatic carbocycles. The number of anilines is 1. The van der Waals surface area contributed by atoms with E-state index in [0.29, 0.717) is 5.91 Å². The third kappa shape index (κ3) is 4.45. The van der Waals surface area contributed by atoms with Crippen LogP contribution in [-0.2, 0) is 11.2 Å². The van der Waals surface area contributed by atoms with Crippen molar-refractivity contribution < 1.29 is 4.79 Å². The van der Waals surface area contributed by atoms with E-state index in [2.05, 4.69) is 33.8 Å². The van der Waals surface area contributed by atoms with Crippen molar-refractivity contribution in [2.45, 2.75) is 65.2 Å². The van der Waals surface area contributed by atoms with Crippen LogP contribution in [0.25, 0.3) is 0 Å². The highest BCUT2D eigenvalue weighted by molar-refractivity contribution is 6.30. The number of aryl methyl sites for hydroxylation is 2. The van der Waals surface area contributed by atoms with Gasteiger partial charge in [0.2, 0.25) is 5.91 Å². The molecule has 0 spiro atoms. The lowest BCUT2D eigenvalue weighted by molar-refractivity contribution is -0.157. The van der Waals surface area contributed by atoms with E-state index in [0.717, 1.165) is 98.4 Å². The molecule has 1 aliphatic heterocycles. The van der Waals surface area contributed by atoms with Gasteiger partial charge in [-0.15, -0.1) is 0 Å². The molecule has 1 saturated heterocycles. The van der Waals surface area contributed by atoms with Crippen molar-refractivity contribution in [1.29, 1.82) is 0 Å². The van der Waals surface area contributed by atoms with E-state index in [9.17, 15) is 4.79 Å². The van der Waals surface area contributed by atoms with Crippen molar-refractivity contribution in [3.05, 3.63) is 51.9 Å². The van der Waals surface area contributed by atoms with Gasteiger partial charge >= 0.3 is 0 Å². The normalized spacial score (nSPS) is 30.0. The Morgan fingerprint density at radius 1 is 0.943 bits per heavy atom. The molecule has 1 amide bonds. The van der Waals surface area contributed by atoms with Crippen LogP contribution < -0.4 is 4.90 Å². The van der Waals surface area contributed by atoms with Crippen molar-refractivity contribution in [1.82, 2.24) is 14.9 Å². The summed E-state index contributed by atoms with van der Waals surface area (Å²) in [6.45, 7) is 7.49. The Balaban J connectivity index is 1.21. The molecule has 4 bridgehead atoms. The van der Waals surface area contributed by atoms with Crippen LogP contribution >= 0.6 is 11.6 Å². The first-order valence-corrected chi connectivity index (χ1v) is 13.9. The summed E-state index contributed by atoms with van der Waals surface area (Å²) in [5.74, 6) is 4.72. The number of benzene rings is 1. The maximum Gasteiger partial charge on any atom is 0.228 e. The number of halogens is 1. The zero-order valence-corrected chi connectivity index (χ0v) is 21.9. The van der Waals surface area contributed by atoms with Gasteiger partial charge in [-0.3, -0.25) is 4.79 Å². The Labute approximate surface area is 214 Å². The minimum Gasteiger partial charge on any atom is -0.354 e. The summed E-state index contributed by atoms with van der Waals surface area (Å²) >= 11 is 6.11. The second kappa shape index (κ2) is 9.06. The number of aromatic nitrogens is 2. The van der Waals surface area contributed by atoms with E-state index < -0.39 is 0 Å². The van der Waals surface area contributed by atoms with E-state index in [4.69, 9.17) is 16.6 Å². The first-order chi connectivity index (χ1) is 16.9. The number of rotatable bonds is 4. The van der Waals surface area contributed by atoms with Gasteiger partial charge < -0.3 is 9.80 Å². The monoisotopic (exact) mass is 492 g/mol. The first kappa shape index (κ1) is 23.3. The fraction of sp³-hybridized carbons (Fsp3) is 0.621. The summed E-state index contributed by atoms with van der Waals surface area (Å²) in [6, 6.07) is 8.06. The minimum atomic E-state index is -0.0498. The second-order valence-corrected chi connectivity index (χ2v) is 12.2. The number of carbonyl (C=O) groups excluding carboxylic acids is 1. The van der Waals surface area contributed by atoms with Gasteiger partial charge in [0.05, 0.1) is 5.41 Å². The van der Waals surface area contributed by atoms with E-state index in [1.54, 1.807) is 0 Å². The van der Waals surface area contributed by atoms with Gasteiger partial charge in [-0.1, -0.05) is 23.7 Å². The number of carbonyl (C=O) groups is 1. The first-order valence-electron chi connectivity index (χ1n) is 13.5. The second-order valence-electron chi connectivity index (χ2n) is 11.8. The molecular formula is C29H37ClN4O. The third-order valence-electron chi connectivity index (χ3n) is 9.17. The molecule has 5 nitrogen and oxygen atoms in total. The van der Waals surface area contributed by atoms with Gasteiger partial charge in [0.15, 0.2) is 0 Å². The molecular weight excluding hydrogens is 456 g/mol. The molecule has 0 unspecified atom stereocenters. The highest BCUT2D eigenvalue weighted by atomic mass is 35.5. The van der Waals surface area contributed by atoms with E-state index in [1.807, 2.05) is 19.1 Å². The number of amides is 1. The number of hydrogen-bond donors (Lipinski definition) is 0. The molecule has 5 aliphatic rings. The van der Waals surface area contributed by atoms with Crippen molar-refractivity contribution in [3.8, 4) is 0 Å². The molecule has 35 heavy (non-hydrogen) atoms. The van der Waals surface area contributed by atoms with Crippen molar-refractivity contribution in [3.63, 3.8) is 0 Å². The Morgan fingerprint density at radius 2 is 1.60 bits per heavy atom. The van der Waals surface area contributed by atoms with Gasteiger partial charge in [-0.2, -0.15) is 0 Å². The quantitative estimate of drug-likeness (QED) is 0.558. The van der Waals surface area contributed by atoms with Crippen LogP contribution in [0.2, 0.25) is 5.02 Å². The van der Waals surface area contributed by atoms with Crippen LogP contribution in [-0.4, -0.2) is 47.0 Å². The Bertz CT molecular complexity index is 1080. The lowest BCUT2D eigenvalue weighted by Gasteiger charge is -2.56. The Kier molecular flexibility index (Phi) is 6.03. The van der Waals surface area contributed by atoms with Gasteiger partial charge in [-0.25, -0.2) is 9.97 Å². The van der Waals surface area contributed by atoms with Crippen LogP contribution in [0.1, 0.15) is 67.6 Å². The minimum absolute atomic E-state index is 0.0498. The fourth-order valence-corrected chi connectivity index (χ4v) is 8.16. The van der Waals surface area contributed by atoms with Gasteiger partial charge in [0.25, 0.3) is 0 Å². The molecule has 7 rings (SSSR count). The molecule has 4 aliphatic carbocycles. The van der Waals surface area contributed by atoms with Crippen LogP contribution in [0, 0.1) is 37.0 Å². The molecule has 2 heterocycles. The van der Waals surface area contributed by atoms with E-state index in [-0.39, 0.29) is 5.41 Å². The zero-order chi connectivity index (χ0) is 24.2. The summed E-state index contributed by atoms with van der Waals surface area (Å²) in [5.41, 5.74) is 3.37. The lowest BCUT2D eigenvalue weighted by atomic mass is 9.49. The maximum atomic E-state index is 14.0. The molecule has 5 fully saturated rings. The van der Waals surface area contributed by atoms with Crippen LogP contribution in [0.3, 0.4) is 0 Å². The summed E-state index contributed by atoms with van der Waals surface area (Å²) in [7, 11) is 0. The van der Waals surface area contributed by atoms with Gasteiger partial charge in [0.1, 0.15) is 11.6 Å². The predicted molar refractivity (Wildman–Crippen MR) is 140 cm³/mol. The summed E-state index contributed by atoms with van der Waals surface area (Å²) in [4.78, 5) is 28.2. The molecule has 0 N–H and O–H groups in total. The topological polar surface area (TPSA) is 49.3 Å². The van der Waals surface area contributed by atoms with E-state index >= 15 is 0 Å². The third-order valence-corrected chi connectivity index (χ3v) is 9.42. The molecule has 0 atom stereocenters. The van der Waals surface area contributed by atoms with Crippen molar-refractivity contribution in [2.75, 3.05) is 31.1 Å². The lowest BCUT2D eigenvalue weighted by Crippen LogP contribution is -2.55. The highest BCUT2D eigenvalue weighted by Gasteiger charge is 2.55. The SMILES string of the molecule is Cc1nc(C)c(Cc2ccc(Cl)cc2)c(N2CCCN(C(=O)C34CC5CC(CC(C5)C3)C4)CC2)n1. The maximum absolute atomic E-state index is 14.0. The molecule has 6 heteroatoms. The molecule has 2 aromatic rings. The average Bonchev–Trinajstić information content (AvgIpc) is 3.07. The van der Waals surface area contributed by atoms with Crippen LogP contribution in [0.5, 0.6) is 0 Å². The molecule has 186 valence electrons. The zero-order valence-electron chi connectivity index (χ0n) is 21.1. The smallest absolute Gasteiger partial charge is 0.228 e. The number of hydrogen-bond acceptors (Lipinski definition) is 4. The molecule has 1 aromatic heterocycles. The van der Waals surface area contributed by atoms with Crippen molar-refractivity contribution in [2.24, 2.45) is 23.2 Å². The van der Waals surface area contributed by atoms with Crippen molar-refractivity contribution >= 4 is 23.3 Å². The van der Waals surface area contributed by atoms with Crippen LogP contribution in [0.4, 0.5) is 5.82 Å². The van der Waals surface area contributed by atoms with E-state index in [1.165, 1.54) is 30.4 Å². The Hall–Kier alpha value is -2.14. The average molecular weight is 493 g/mol. The molecule has 4 saturated carbocycles. The van der Waals surface area contributed by atoms with Gasteiger partial charge in [0, 0.05) is 48.9 Å². The summed E-state index contributed by atoms with van der Waals surface area (Å²) in [6.07, 6.45) is 9.34. The predicted octanol–water partition coefficient (Wildman–Crippen LogP) is 5.59. The number of nitrogens with zero attached hydrogens (tertiary/aromatic N) is 4. The van der Waals surface area contributed by atoms with Gasteiger partial charge in [-0.05, 0) is 94.2 Å². The molecule has 0 radical (unpaired) electrons. The summed E-state index contributed by atoms with van der Waals surface area (Å²) in [5, 5.41) is 0.752. The standard InChI is InChI=1S/C29H37ClN4O/c1-19-26(15-21-4-6-25(30)7-5-21)27(32-20(2)31-19)33-8-3-9-34(11-10-33)28(35)29-16-22-12-23(17-29)14-24(13-22)18-29/h4-7,22-24H,3,8-18H2,1-2H3. The highest BCUT2D eigenvalue weighted by Crippen LogP contribution is 2.60. The Morgan fingerprint density at radius 3 is 2.26 bits per heavy atom. The fourth-order valence-electron chi connectivity index (χ4n) is 8.03. The summed E-state index contributed by atoms with van der Waals surface area (Å²) < 4.78 is 0. The largest absolute Gasteiger partial charge is 0.354 e.